The number of carbonyl (C=O) groups is 1. The minimum Gasteiger partial charge on any atom is -0.482 e. The van der Waals surface area contributed by atoms with Crippen molar-refractivity contribution in [3.05, 3.63) is 93.8 Å². The number of anilines is 1. The largest absolute Gasteiger partial charge is 0.482 e. The summed E-state index contributed by atoms with van der Waals surface area (Å²) in [7, 11) is 0. The number of para-hydroxylation sites is 1. The Morgan fingerprint density at radius 1 is 1.00 bits per heavy atom. The molecule has 0 spiro atoms. The molecule has 0 aliphatic heterocycles. The Kier molecular flexibility index (Phi) is 5.91. The quantitative estimate of drug-likeness (QED) is 0.401. The van der Waals surface area contributed by atoms with E-state index in [0.717, 1.165) is 11.3 Å². The Bertz CT molecular complexity index is 1280. The van der Waals surface area contributed by atoms with E-state index in [1.165, 1.54) is 12.1 Å². The van der Waals surface area contributed by atoms with Crippen LogP contribution in [0.3, 0.4) is 0 Å². The van der Waals surface area contributed by atoms with Crippen LogP contribution in [0.1, 0.15) is 5.56 Å². The van der Waals surface area contributed by atoms with E-state index in [4.69, 9.17) is 25.5 Å². The summed E-state index contributed by atoms with van der Waals surface area (Å²) in [4.78, 5) is 23.8. The van der Waals surface area contributed by atoms with Gasteiger partial charge in [0.2, 0.25) is 0 Å². The molecule has 156 valence electrons. The van der Waals surface area contributed by atoms with Crippen LogP contribution in [-0.4, -0.2) is 12.5 Å². The highest BCUT2D eigenvalue weighted by atomic mass is 35.5. The topological polar surface area (TPSA) is 77.8 Å². The van der Waals surface area contributed by atoms with Crippen molar-refractivity contribution in [2.75, 3.05) is 11.9 Å². The number of carbonyl (C=O) groups excluding carboxylic acids is 1. The summed E-state index contributed by atoms with van der Waals surface area (Å²) < 4.78 is 16.4. The molecule has 1 amide bonds. The third kappa shape index (κ3) is 5.05. The Hall–Kier alpha value is -3.77. The zero-order valence-corrected chi connectivity index (χ0v) is 17.3. The van der Waals surface area contributed by atoms with Crippen molar-refractivity contribution in [2.45, 2.75) is 6.92 Å². The smallest absolute Gasteiger partial charge is 0.336 e. The van der Waals surface area contributed by atoms with Crippen LogP contribution in [-0.2, 0) is 4.79 Å². The van der Waals surface area contributed by atoms with E-state index in [1.54, 1.807) is 37.3 Å². The van der Waals surface area contributed by atoms with Gasteiger partial charge in [-0.05, 0) is 55.0 Å². The third-order valence-electron chi connectivity index (χ3n) is 4.48. The summed E-state index contributed by atoms with van der Waals surface area (Å²) in [6, 6.07) is 20.9. The molecule has 4 rings (SSSR count). The fraction of sp³-hybridized carbons (Fsp3) is 0.0833. The lowest BCUT2D eigenvalue weighted by Gasteiger charge is -2.11. The number of benzene rings is 3. The SMILES string of the molecule is Cc1cc(=O)oc2cc(OCC(=O)Nc3ccc(Oc4ccccc4)cc3)c(Cl)cc12. The minimum absolute atomic E-state index is 0.254. The monoisotopic (exact) mass is 435 g/mol. The van der Waals surface area contributed by atoms with Crippen molar-refractivity contribution in [1.82, 2.24) is 0 Å². The van der Waals surface area contributed by atoms with Gasteiger partial charge in [-0.25, -0.2) is 4.79 Å². The van der Waals surface area contributed by atoms with Crippen LogP contribution in [0.15, 0.2) is 82.0 Å². The predicted octanol–water partition coefficient (Wildman–Crippen LogP) is 5.56. The maximum absolute atomic E-state index is 12.3. The first kappa shape index (κ1) is 20.5. The number of ether oxygens (including phenoxy) is 2. The van der Waals surface area contributed by atoms with Gasteiger partial charge in [0.15, 0.2) is 6.61 Å². The van der Waals surface area contributed by atoms with Gasteiger partial charge in [0.1, 0.15) is 22.8 Å². The molecule has 3 aromatic carbocycles. The molecule has 0 aliphatic carbocycles. The van der Waals surface area contributed by atoms with Gasteiger partial charge in [-0.3, -0.25) is 4.79 Å². The maximum atomic E-state index is 12.3. The molecule has 0 saturated carbocycles. The predicted molar refractivity (Wildman–Crippen MR) is 119 cm³/mol. The van der Waals surface area contributed by atoms with Crippen molar-refractivity contribution >= 4 is 34.2 Å². The standard InChI is InChI=1S/C24H18ClNO5/c1-15-11-24(28)31-21-13-22(20(25)12-19(15)21)29-14-23(27)26-16-7-9-18(10-8-16)30-17-5-3-2-4-6-17/h2-13H,14H2,1H3,(H,26,27). The van der Waals surface area contributed by atoms with Crippen molar-refractivity contribution in [3.63, 3.8) is 0 Å². The summed E-state index contributed by atoms with van der Waals surface area (Å²) in [6.07, 6.45) is 0. The van der Waals surface area contributed by atoms with Gasteiger partial charge in [-0.1, -0.05) is 29.8 Å². The number of halogens is 1. The first-order chi connectivity index (χ1) is 15.0. The van der Waals surface area contributed by atoms with Crippen molar-refractivity contribution in [1.29, 1.82) is 0 Å². The van der Waals surface area contributed by atoms with Gasteiger partial charge in [0.25, 0.3) is 5.91 Å². The number of rotatable bonds is 6. The van der Waals surface area contributed by atoms with Crippen molar-refractivity contribution in [3.8, 4) is 17.2 Å². The van der Waals surface area contributed by atoms with E-state index in [-0.39, 0.29) is 18.3 Å². The van der Waals surface area contributed by atoms with Crippen LogP contribution < -0.4 is 20.4 Å². The lowest BCUT2D eigenvalue weighted by Crippen LogP contribution is -2.20. The third-order valence-corrected chi connectivity index (χ3v) is 4.77. The lowest BCUT2D eigenvalue weighted by atomic mass is 10.1. The highest BCUT2D eigenvalue weighted by molar-refractivity contribution is 6.32. The Labute approximate surface area is 183 Å². The first-order valence-corrected chi connectivity index (χ1v) is 9.85. The molecule has 0 aliphatic rings. The van der Waals surface area contributed by atoms with Crippen LogP contribution >= 0.6 is 11.6 Å². The van der Waals surface area contributed by atoms with E-state index < -0.39 is 5.63 Å². The number of hydrogen-bond donors (Lipinski definition) is 1. The summed E-state index contributed by atoms with van der Waals surface area (Å²) in [5, 5.41) is 3.77. The molecular weight excluding hydrogens is 418 g/mol. The molecule has 0 unspecified atom stereocenters. The second kappa shape index (κ2) is 8.93. The average Bonchev–Trinajstić information content (AvgIpc) is 2.75. The van der Waals surface area contributed by atoms with Crippen LogP contribution in [0.2, 0.25) is 5.02 Å². The average molecular weight is 436 g/mol. The van der Waals surface area contributed by atoms with Gasteiger partial charge < -0.3 is 19.2 Å². The first-order valence-electron chi connectivity index (χ1n) is 9.47. The highest BCUT2D eigenvalue weighted by Gasteiger charge is 2.11. The number of amides is 1. The van der Waals surface area contributed by atoms with Crippen molar-refractivity contribution < 1.29 is 18.7 Å². The molecule has 6 nitrogen and oxygen atoms in total. The molecule has 7 heteroatoms. The Morgan fingerprint density at radius 3 is 2.45 bits per heavy atom. The summed E-state index contributed by atoms with van der Waals surface area (Å²) in [5.74, 6) is 1.27. The zero-order chi connectivity index (χ0) is 21.8. The summed E-state index contributed by atoms with van der Waals surface area (Å²) >= 11 is 6.25. The Morgan fingerprint density at radius 2 is 1.71 bits per heavy atom. The van der Waals surface area contributed by atoms with Crippen LogP contribution in [0.4, 0.5) is 5.69 Å². The molecule has 1 heterocycles. The number of aryl methyl sites for hydroxylation is 1. The molecule has 31 heavy (non-hydrogen) atoms. The lowest BCUT2D eigenvalue weighted by molar-refractivity contribution is -0.118. The number of hydrogen-bond acceptors (Lipinski definition) is 5. The molecule has 0 fully saturated rings. The van der Waals surface area contributed by atoms with E-state index in [2.05, 4.69) is 5.32 Å². The van der Waals surface area contributed by atoms with Crippen molar-refractivity contribution in [2.24, 2.45) is 0 Å². The molecule has 0 bridgehead atoms. The van der Waals surface area contributed by atoms with E-state index in [9.17, 15) is 9.59 Å². The second-order valence-corrected chi connectivity index (χ2v) is 7.21. The molecule has 0 saturated heterocycles. The van der Waals surface area contributed by atoms with Gasteiger partial charge in [-0.15, -0.1) is 0 Å². The second-order valence-electron chi connectivity index (χ2n) is 6.80. The van der Waals surface area contributed by atoms with Gasteiger partial charge in [0.05, 0.1) is 5.02 Å². The number of nitrogens with one attached hydrogen (secondary N) is 1. The van der Waals surface area contributed by atoms with Crippen LogP contribution in [0.5, 0.6) is 17.2 Å². The van der Waals surface area contributed by atoms with Gasteiger partial charge in [-0.2, -0.15) is 0 Å². The molecule has 1 N–H and O–H groups in total. The highest BCUT2D eigenvalue weighted by Crippen LogP contribution is 2.31. The Balaban J connectivity index is 1.38. The summed E-state index contributed by atoms with van der Waals surface area (Å²) in [5.41, 5.74) is 1.23. The van der Waals surface area contributed by atoms with Gasteiger partial charge in [0, 0.05) is 23.2 Å². The normalized spacial score (nSPS) is 10.6. The fourth-order valence-corrected chi connectivity index (χ4v) is 3.22. The van der Waals surface area contributed by atoms with E-state index >= 15 is 0 Å². The van der Waals surface area contributed by atoms with Crippen LogP contribution in [0.25, 0.3) is 11.0 Å². The molecular formula is C24H18ClNO5. The zero-order valence-electron chi connectivity index (χ0n) is 16.6. The van der Waals surface area contributed by atoms with E-state index in [0.29, 0.717) is 27.4 Å². The molecule has 0 atom stereocenters. The number of fused-ring (bicyclic) bond motifs is 1. The maximum Gasteiger partial charge on any atom is 0.336 e. The van der Waals surface area contributed by atoms with E-state index in [1.807, 2.05) is 30.3 Å². The van der Waals surface area contributed by atoms with Crippen LogP contribution in [0, 0.1) is 6.92 Å². The minimum atomic E-state index is -0.462. The summed E-state index contributed by atoms with van der Waals surface area (Å²) in [6.45, 7) is 1.53. The van der Waals surface area contributed by atoms with Gasteiger partial charge >= 0.3 is 5.63 Å². The fourth-order valence-electron chi connectivity index (χ4n) is 3.00. The molecule has 4 aromatic rings. The molecule has 1 aromatic heterocycles. The molecule has 0 radical (unpaired) electrons.